The molecule has 7 nitrogen and oxygen atoms in total. The number of nitrogens with one attached hydrogen (secondary N) is 2. The van der Waals surface area contributed by atoms with E-state index in [1.165, 1.54) is 0 Å². The highest BCUT2D eigenvalue weighted by atomic mass is 35.5. The van der Waals surface area contributed by atoms with E-state index in [9.17, 15) is 35.9 Å². The average Bonchev–Trinajstić information content (AvgIpc) is 2.67. The summed E-state index contributed by atoms with van der Waals surface area (Å²) < 4.78 is 77.8. The Balaban J connectivity index is 2.32. The number of benzene rings is 2. The third-order valence-electron chi connectivity index (χ3n) is 4.17. The van der Waals surface area contributed by atoms with Crippen LogP contribution < -0.4 is 10.6 Å². The molecule has 0 aromatic heterocycles. The number of rotatable bonds is 7. The van der Waals surface area contributed by atoms with Gasteiger partial charge >= 0.3 is 6.18 Å². The zero-order valence-corrected chi connectivity index (χ0v) is 17.4. The number of anilines is 2. The molecule has 0 heterocycles. The highest BCUT2D eigenvalue weighted by Crippen LogP contribution is 2.33. The van der Waals surface area contributed by atoms with Gasteiger partial charge in [0.25, 0.3) is 5.91 Å². The molecule has 0 unspecified atom stereocenters. The molecule has 13 heteroatoms. The maximum absolute atomic E-state index is 14.1. The van der Waals surface area contributed by atoms with Crippen LogP contribution in [0.3, 0.4) is 0 Å². The number of amides is 1. The third kappa shape index (κ3) is 5.26. The van der Waals surface area contributed by atoms with Crippen molar-refractivity contribution >= 4 is 38.7 Å². The van der Waals surface area contributed by atoms with Crippen LogP contribution in [0.5, 0.6) is 0 Å². The largest absolute Gasteiger partial charge is 0.426 e. The molecule has 2 aromatic carbocycles. The normalized spacial score (nSPS) is 14.1. The van der Waals surface area contributed by atoms with Crippen molar-refractivity contribution in [1.82, 2.24) is 0 Å². The van der Waals surface area contributed by atoms with Gasteiger partial charge in [0, 0.05) is 6.54 Å². The number of halogens is 5. The number of aliphatic hydroxyl groups is 2. The highest BCUT2D eigenvalue weighted by molar-refractivity contribution is 7.91. The number of sulfone groups is 1. The van der Waals surface area contributed by atoms with Crippen molar-refractivity contribution in [1.29, 1.82) is 0 Å². The molecule has 0 aliphatic carbocycles. The highest BCUT2D eigenvalue weighted by Gasteiger charge is 2.55. The van der Waals surface area contributed by atoms with Crippen LogP contribution in [0.1, 0.15) is 6.92 Å². The Bertz CT molecular complexity index is 1090. The second kappa shape index (κ2) is 8.99. The summed E-state index contributed by atoms with van der Waals surface area (Å²) in [7, 11) is -4.26. The van der Waals surface area contributed by atoms with E-state index in [-0.39, 0.29) is 31.5 Å². The third-order valence-corrected chi connectivity index (χ3v) is 6.23. The molecule has 2 rings (SSSR count). The van der Waals surface area contributed by atoms with Crippen molar-refractivity contribution in [3.8, 4) is 0 Å². The van der Waals surface area contributed by atoms with Crippen LogP contribution in [0.25, 0.3) is 0 Å². The molecular weight excluding hydrogens is 468 g/mol. The lowest BCUT2D eigenvalue weighted by molar-refractivity contribution is -0.242. The molecule has 31 heavy (non-hydrogen) atoms. The second-order valence-corrected chi connectivity index (χ2v) is 8.82. The first-order valence-corrected chi connectivity index (χ1v) is 10.4. The van der Waals surface area contributed by atoms with Gasteiger partial charge in [-0.3, -0.25) is 4.79 Å². The molecule has 170 valence electrons. The smallest absolute Gasteiger partial charge is 0.395 e. The van der Waals surface area contributed by atoms with Gasteiger partial charge in [0.15, 0.2) is 0 Å². The molecule has 0 bridgehead atoms. The Kier molecular flexibility index (Phi) is 7.21. The lowest BCUT2D eigenvalue weighted by Gasteiger charge is -2.25. The van der Waals surface area contributed by atoms with Crippen molar-refractivity contribution < 1.29 is 41.0 Å². The molecular formula is C18H17ClF4N2O5S. The minimum Gasteiger partial charge on any atom is -0.395 e. The van der Waals surface area contributed by atoms with E-state index in [0.29, 0.717) is 0 Å². The summed E-state index contributed by atoms with van der Waals surface area (Å²) in [5, 5.41) is 22.0. The number of aliphatic hydroxyl groups excluding tert-OH is 1. The summed E-state index contributed by atoms with van der Waals surface area (Å²) in [4.78, 5) is 10.9. The molecule has 0 saturated heterocycles. The molecule has 1 atom stereocenters. The standard InChI is InChI=1S/C18H17ClF4N2O5S/c1-17(28,18(21,22)23)16(27)25-14-4-2-10(8-12(14)19)31(29,30)11-3-5-15(13(20)9-11)24-6-7-26/h2-5,8-9,24,26,28H,6-7H2,1H3,(H,25,27)/t17-/m1/s1. The predicted molar refractivity (Wildman–Crippen MR) is 104 cm³/mol. The first-order chi connectivity index (χ1) is 14.2. The summed E-state index contributed by atoms with van der Waals surface area (Å²) in [6.07, 6.45) is -5.25. The Hall–Kier alpha value is -2.41. The van der Waals surface area contributed by atoms with E-state index < -0.39 is 48.2 Å². The molecule has 2 aromatic rings. The lowest BCUT2D eigenvalue weighted by atomic mass is 10.1. The van der Waals surface area contributed by atoms with Crippen LogP contribution >= 0.6 is 11.6 Å². The number of carbonyl (C=O) groups excluding carboxylic acids is 1. The zero-order valence-electron chi connectivity index (χ0n) is 15.8. The Morgan fingerprint density at radius 3 is 2.13 bits per heavy atom. The first-order valence-electron chi connectivity index (χ1n) is 8.51. The van der Waals surface area contributed by atoms with E-state index in [0.717, 1.165) is 36.4 Å². The molecule has 0 aliphatic rings. The summed E-state index contributed by atoms with van der Waals surface area (Å²) in [5.74, 6) is -2.70. The Morgan fingerprint density at radius 1 is 1.10 bits per heavy atom. The van der Waals surface area contributed by atoms with Gasteiger partial charge in [-0.05, 0) is 43.3 Å². The van der Waals surface area contributed by atoms with Gasteiger partial charge in [-0.15, -0.1) is 0 Å². The fourth-order valence-corrected chi connectivity index (χ4v) is 3.86. The van der Waals surface area contributed by atoms with E-state index in [1.54, 1.807) is 5.32 Å². The first kappa shape index (κ1) is 24.9. The number of carbonyl (C=O) groups is 1. The average molecular weight is 485 g/mol. The number of alkyl halides is 3. The van der Waals surface area contributed by atoms with E-state index >= 15 is 0 Å². The quantitative estimate of drug-likeness (QED) is 0.449. The SMILES string of the molecule is C[C@@](O)(C(=O)Nc1ccc(S(=O)(=O)c2ccc(NCCO)c(F)c2)cc1Cl)C(F)(F)F. The van der Waals surface area contributed by atoms with E-state index in [1.807, 2.05) is 0 Å². The van der Waals surface area contributed by atoms with Crippen molar-refractivity contribution in [3.63, 3.8) is 0 Å². The molecule has 0 spiro atoms. The Labute approximate surface area is 179 Å². The van der Waals surface area contributed by atoms with Gasteiger partial charge in [-0.25, -0.2) is 12.8 Å². The van der Waals surface area contributed by atoms with Crippen LogP contribution in [-0.4, -0.2) is 49.5 Å². The number of hydrogen-bond acceptors (Lipinski definition) is 6. The molecule has 4 N–H and O–H groups in total. The fourth-order valence-electron chi connectivity index (χ4n) is 2.27. The maximum atomic E-state index is 14.1. The van der Waals surface area contributed by atoms with Gasteiger partial charge in [0.05, 0.1) is 32.8 Å². The topological polar surface area (TPSA) is 116 Å². The maximum Gasteiger partial charge on any atom is 0.426 e. The van der Waals surface area contributed by atoms with Crippen molar-refractivity contribution in [2.45, 2.75) is 28.5 Å². The van der Waals surface area contributed by atoms with Crippen LogP contribution in [0.2, 0.25) is 5.02 Å². The number of hydrogen-bond donors (Lipinski definition) is 4. The van der Waals surface area contributed by atoms with Crippen LogP contribution in [-0.2, 0) is 14.6 Å². The van der Waals surface area contributed by atoms with Crippen LogP contribution in [0.4, 0.5) is 28.9 Å². The van der Waals surface area contributed by atoms with Crippen LogP contribution in [0, 0.1) is 5.82 Å². The van der Waals surface area contributed by atoms with Crippen molar-refractivity contribution in [3.05, 3.63) is 47.2 Å². The molecule has 0 aliphatic heterocycles. The monoisotopic (exact) mass is 484 g/mol. The molecule has 0 saturated carbocycles. The molecule has 1 amide bonds. The summed E-state index contributed by atoms with van der Waals surface area (Å²) in [6.45, 7) is 0.0367. The minimum absolute atomic E-state index is 0.0270. The van der Waals surface area contributed by atoms with E-state index in [2.05, 4.69) is 5.32 Å². The van der Waals surface area contributed by atoms with Crippen LogP contribution in [0.15, 0.2) is 46.2 Å². The predicted octanol–water partition coefficient (Wildman–Crippen LogP) is 2.97. The van der Waals surface area contributed by atoms with Crippen molar-refractivity contribution in [2.24, 2.45) is 0 Å². The van der Waals surface area contributed by atoms with Gasteiger partial charge < -0.3 is 20.8 Å². The molecule has 0 fully saturated rings. The zero-order chi connectivity index (χ0) is 23.6. The summed E-state index contributed by atoms with van der Waals surface area (Å²) in [5.41, 5.74) is -4.10. The van der Waals surface area contributed by atoms with Crippen molar-refractivity contribution in [2.75, 3.05) is 23.8 Å². The lowest BCUT2D eigenvalue weighted by Crippen LogP contribution is -2.52. The summed E-state index contributed by atoms with van der Waals surface area (Å²) in [6, 6.07) is 5.78. The van der Waals surface area contributed by atoms with Gasteiger partial charge in [0.2, 0.25) is 15.4 Å². The molecule has 0 radical (unpaired) electrons. The fraction of sp³-hybridized carbons (Fsp3) is 0.278. The van der Waals surface area contributed by atoms with E-state index in [4.69, 9.17) is 16.7 Å². The van der Waals surface area contributed by atoms with Gasteiger partial charge in [-0.2, -0.15) is 13.2 Å². The summed E-state index contributed by atoms with van der Waals surface area (Å²) >= 11 is 5.90. The minimum atomic E-state index is -5.25. The Morgan fingerprint density at radius 2 is 1.65 bits per heavy atom. The van der Waals surface area contributed by atoms with Gasteiger partial charge in [-0.1, -0.05) is 11.6 Å². The second-order valence-electron chi connectivity index (χ2n) is 6.46. The van der Waals surface area contributed by atoms with Gasteiger partial charge in [0.1, 0.15) is 5.82 Å².